The van der Waals surface area contributed by atoms with Crippen molar-refractivity contribution >= 4 is 29.5 Å². The summed E-state index contributed by atoms with van der Waals surface area (Å²) in [6, 6.07) is 9.37. The van der Waals surface area contributed by atoms with Gasteiger partial charge in [0.1, 0.15) is 6.04 Å². The van der Waals surface area contributed by atoms with E-state index in [9.17, 15) is 19.5 Å². The lowest BCUT2D eigenvalue weighted by molar-refractivity contribution is -0.145. The maximum atomic E-state index is 14.2. The van der Waals surface area contributed by atoms with Gasteiger partial charge in [0.05, 0.1) is 16.6 Å². The molecule has 4 aliphatic rings. The van der Waals surface area contributed by atoms with Crippen LogP contribution >= 0.6 is 11.8 Å². The smallest absolute Gasteiger partial charge is 0.247 e. The first kappa shape index (κ1) is 27.0. The Hall–Kier alpha value is -2.58. The number of likely N-dealkylation sites (tertiary alicyclic amines) is 1. The van der Waals surface area contributed by atoms with E-state index in [1.807, 2.05) is 46.2 Å². The van der Waals surface area contributed by atoms with E-state index in [-0.39, 0.29) is 35.6 Å². The number of unbranched alkanes of at least 4 members (excludes halogenated alkanes) is 1. The summed E-state index contributed by atoms with van der Waals surface area (Å²) in [5.74, 6) is -1.23. The minimum absolute atomic E-state index is 0.0103. The van der Waals surface area contributed by atoms with Crippen molar-refractivity contribution in [2.24, 2.45) is 11.8 Å². The van der Waals surface area contributed by atoms with E-state index in [1.165, 1.54) is 0 Å². The van der Waals surface area contributed by atoms with Crippen LogP contribution in [0.25, 0.3) is 0 Å². The number of benzene rings is 1. The van der Waals surface area contributed by atoms with Crippen molar-refractivity contribution in [1.29, 1.82) is 0 Å². The molecule has 6 atom stereocenters. The number of rotatable bonds is 9. The number of hydrogen-bond acceptors (Lipinski definition) is 5. The summed E-state index contributed by atoms with van der Waals surface area (Å²) >= 11 is 1.63. The zero-order valence-electron chi connectivity index (χ0n) is 22.4. The molecule has 0 aromatic heterocycles. The first-order valence-electron chi connectivity index (χ1n) is 14.0. The molecule has 0 radical (unpaired) electrons. The quantitative estimate of drug-likeness (QED) is 0.386. The maximum Gasteiger partial charge on any atom is 0.247 e. The van der Waals surface area contributed by atoms with Gasteiger partial charge in [0, 0.05) is 44.1 Å². The highest BCUT2D eigenvalue weighted by Gasteiger charge is 2.71. The molecule has 0 aliphatic carbocycles. The van der Waals surface area contributed by atoms with Crippen molar-refractivity contribution in [3.8, 4) is 0 Å². The highest BCUT2D eigenvalue weighted by molar-refractivity contribution is 8.02. The lowest BCUT2D eigenvalue weighted by Crippen LogP contribution is -2.55. The molecule has 4 heterocycles. The molecule has 3 amide bonds. The average molecular weight is 538 g/mol. The van der Waals surface area contributed by atoms with Gasteiger partial charge >= 0.3 is 0 Å². The summed E-state index contributed by atoms with van der Waals surface area (Å²) in [6.45, 7) is 6.18. The number of nitrogens with zero attached hydrogens (tertiary/aromatic N) is 3. The third-order valence-electron chi connectivity index (χ3n) is 8.54. The molecule has 8 heteroatoms. The van der Waals surface area contributed by atoms with Crippen molar-refractivity contribution in [1.82, 2.24) is 14.7 Å². The van der Waals surface area contributed by atoms with Crippen LogP contribution in [0.2, 0.25) is 0 Å². The van der Waals surface area contributed by atoms with E-state index in [2.05, 4.69) is 32.1 Å². The summed E-state index contributed by atoms with van der Waals surface area (Å²) in [7, 11) is 0. The molecule has 2 fully saturated rings. The topological polar surface area (TPSA) is 81.2 Å². The van der Waals surface area contributed by atoms with E-state index in [4.69, 9.17) is 0 Å². The zero-order valence-corrected chi connectivity index (χ0v) is 23.2. The summed E-state index contributed by atoms with van der Waals surface area (Å²) in [6.07, 6.45) is 11.3. The minimum atomic E-state index is -0.779. The molecule has 5 rings (SSSR count). The first-order valence-corrected chi connectivity index (χ1v) is 14.9. The predicted octanol–water partition coefficient (Wildman–Crippen LogP) is 3.24. The summed E-state index contributed by atoms with van der Waals surface area (Å²) in [5, 5.41) is 9.23. The predicted molar refractivity (Wildman–Crippen MR) is 149 cm³/mol. The third kappa shape index (κ3) is 4.60. The summed E-state index contributed by atoms with van der Waals surface area (Å²) in [5.41, 5.74) is 1.06. The monoisotopic (exact) mass is 537 g/mol. The molecule has 0 saturated carbocycles. The molecule has 7 nitrogen and oxygen atoms in total. The van der Waals surface area contributed by atoms with Gasteiger partial charge < -0.3 is 19.8 Å². The number of carbonyl (C=O) groups excluding carboxylic acids is 3. The Morgan fingerprint density at radius 3 is 2.58 bits per heavy atom. The van der Waals surface area contributed by atoms with Gasteiger partial charge in [-0.05, 0) is 31.7 Å². The van der Waals surface area contributed by atoms with Gasteiger partial charge in [0.25, 0.3) is 0 Å². The van der Waals surface area contributed by atoms with Crippen molar-refractivity contribution in [3.63, 3.8) is 0 Å². The Bertz CT molecular complexity index is 1110. The summed E-state index contributed by atoms with van der Waals surface area (Å²) in [4.78, 5) is 48.1. The fraction of sp³-hybridized carbons (Fsp3) is 0.567. The SMILES string of the molecule is CCCC(C)N1CC=C[C@]23S[C@@H]4C=CCN(Cc5ccccc5)C(=O)[C@@H]4[C@H]2C(=O)N(CCCCO)C3C1=O. The number of thioether (sulfide) groups is 1. The van der Waals surface area contributed by atoms with Gasteiger partial charge in [-0.2, -0.15) is 0 Å². The van der Waals surface area contributed by atoms with Crippen LogP contribution in [0, 0.1) is 11.8 Å². The standard InChI is InChI=1S/C30H39N3O4S/c1-3-11-21(2)32-18-10-15-30-25(28(36)33(17-7-8-19-34)26(30)29(32)37)24-23(38-30)14-9-16-31(27(24)35)20-22-12-5-4-6-13-22/h4-6,9-10,12-15,21,23-26,34H,3,7-8,11,16-20H2,1-2H3/t21?,23-,24+,25+,26?,30+/m1/s1. The zero-order chi connectivity index (χ0) is 26.9. The van der Waals surface area contributed by atoms with Gasteiger partial charge in [0.2, 0.25) is 17.7 Å². The number of hydrogen-bond donors (Lipinski definition) is 1. The van der Waals surface area contributed by atoms with Crippen molar-refractivity contribution in [2.75, 3.05) is 26.2 Å². The Labute approximate surface area is 229 Å². The Morgan fingerprint density at radius 2 is 1.84 bits per heavy atom. The largest absolute Gasteiger partial charge is 0.396 e. The van der Waals surface area contributed by atoms with Gasteiger partial charge in [-0.25, -0.2) is 0 Å². The minimum Gasteiger partial charge on any atom is -0.396 e. The lowest BCUT2D eigenvalue weighted by atomic mass is 9.78. The number of amides is 3. The van der Waals surface area contributed by atoms with Crippen LogP contribution in [-0.2, 0) is 20.9 Å². The molecule has 204 valence electrons. The van der Waals surface area contributed by atoms with Crippen LogP contribution in [-0.4, -0.2) is 85.8 Å². The normalized spacial score (nSPS) is 31.2. The van der Waals surface area contributed by atoms with Crippen molar-refractivity contribution in [2.45, 2.75) is 68.2 Å². The Kier molecular flexibility index (Phi) is 8.00. The second kappa shape index (κ2) is 11.3. The van der Waals surface area contributed by atoms with Crippen LogP contribution < -0.4 is 0 Å². The van der Waals surface area contributed by atoms with Crippen LogP contribution in [0.15, 0.2) is 54.6 Å². The molecule has 1 N–H and O–H groups in total. The van der Waals surface area contributed by atoms with Gasteiger partial charge in [0.15, 0.2) is 0 Å². The summed E-state index contributed by atoms with van der Waals surface area (Å²) < 4.78 is -0.779. The van der Waals surface area contributed by atoms with E-state index in [0.717, 1.165) is 18.4 Å². The second-order valence-corrected chi connectivity index (χ2v) is 12.5. The molecule has 38 heavy (non-hydrogen) atoms. The fourth-order valence-corrected chi connectivity index (χ4v) is 8.76. The fourth-order valence-electron chi connectivity index (χ4n) is 6.76. The van der Waals surface area contributed by atoms with Gasteiger partial charge in [-0.1, -0.05) is 68.0 Å². The molecule has 2 unspecified atom stereocenters. The highest BCUT2D eigenvalue weighted by atomic mass is 32.2. The van der Waals surface area contributed by atoms with Gasteiger partial charge in [-0.15, -0.1) is 11.8 Å². The number of aliphatic hydroxyl groups excluding tert-OH is 1. The van der Waals surface area contributed by atoms with Crippen LogP contribution in [0.4, 0.5) is 0 Å². The second-order valence-electron chi connectivity index (χ2n) is 11.0. The lowest BCUT2D eigenvalue weighted by Gasteiger charge is -2.37. The molecule has 1 aromatic carbocycles. The maximum absolute atomic E-state index is 14.2. The Morgan fingerprint density at radius 1 is 1.05 bits per heavy atom. The van der Waals surface area contributed by atoms with Crippen molar-refractivity contribution < 1.29 is 19.5 Å². The van der Waals surface area contributed by atoms with E-state index in [0.29, 0.717) is 39.0 Å². The molecule has 0 bridgehead atoms. The van der Waals surface area contributed by atoms with E-state index < -0.39 is 22.6 Å². The van der Waals surface area contributed by atoms with E-state index >= 15 is 0 Å². The molecule has 4 aliphatic heterocycles. The highest BCUT2D eigenvalue weighted by Crippen LogP contribution is 2.61. The number of fused-ring (bicyclic) bond motifs is 2. The molecular formula is C30H39N3O4S. The van der Waals surface area contributed by atoms with E-state index in [1.54, 1.807) is 16.7 Å². The number of aliphatic hydroxyl groups is 1. The van der Waals surface area contributed by atoms with Crippen LogP contribution in [0.1, 0.15) is 45.1 Å². The molecule has 2 saturated heterocycles. The molecule has 1 spiro atoms. The molecular weight excluding hydrogens is 498 g/mol. The first-order chi connectivity index (χ1) is 18.4. The van der Waals surface area contributed by atoms with Crippen molar-refractivity contribution in [3.05, 3.63) is 60.2 Å². The Balaban J connectivity index is 1.52. The average Bonchev–Trinajstić information content (AvgIpc) is 3.22. The van der Waals surface area contributed by atoms with Crippen LogP contribution in [0.3, 0.4) is 0 Å². The molecule has 1 aromatic rings. The van der Waals surface area contributed by atoms with Gasteiger partial charge in [-0.3, -0.25) is 14.4 Å². The number of carbonyl (C=O) groups is 3. The third-order valence-corrected chi connectivity index (χ3v) is 10.3. The van der Waals surface area contributed by atoms with Crippen LogP contribution in [0.5, 0.6) is 0 Å².